The molecule has 4 rings (SSSR count). The third-order valence-electron chi connectivity index (χ3n) is 6.72. The number of rotatable bonds is 7. The molecular formula is C26H34N4O4S. The lowest BCUT2D eigenvalue weighted by atomic mass is 10.1. The van der Waals surface area contributed by atoms with Gasteiger partial charge in [-0.3, -0.25) is 9.59 Å². The Labute approximate surface area is 207 Å². The Kier molecular flexibility index (Phi) is 8.20. The topological polar surface area (TPSA) is 90.0 Å². The number of carbonyl (C=O) groups excluding carboxylic acids is 2. The zero-order chi connectivity index (χ0) is 24.8. The van der Waals surface area contributed by atoms with Crippen LogP contribution in [0.3, 0.4) is 0 Å². The zero-order valence-electron chi connectivity index (χ0n) is 20.3. The van der Waals surface area contributed by atoms with Crippen LogP contribution in [0.1, 0.15) is 41.6 Å². The Bertz CT molecular complexity index is 1120. The van der Waals surface area contributed by atoms with E-state index in [2.05, 4.69) is 17.3 Å². The summed E-state index contributed by atoms with van der Waals surface area (Å²) in [4.78, 5) is 29.4. The van der Waals surface area contributed by atoms with Crippen molar-refractivity contribution < 1.29 is 18.0 Å². The minimum absolute atomic E-state index is 0.0155. The molecule has 35 heavy (non-hydrogen) atoms. The second kappa shape index (κ2) is 11.3. The zero-order valence-corrected chi connectivity index (χ0v) is 21.1. The molecule has 2 saturated heterocycles. The minimum atomic E-state index is -3.45. The highest BCUT2D eigenvalue weighted by Crippen LogP contribution is 2.21. The predicted molar refractivity (Wildman–Crippen MR) is 136 cm³/mol. The summed E-state index contributed by atoms with van der Waals surface area (Å²) in [6.07, 6.45) is 3.67. The molecule has 2 aliphatic heterocycles. The SMILES string of the molecule is CN1CCN(C(=O)c2ccc(NC(=O)CCc3ccc(S(=O)(=O)N4CCCCC4)cc3)cc2)CC1. The number of hydrogen-bond acceptors (Lipinski definition) is 5. The monoisotopic (exact) mass is 498 g/mol. The number of sulfonamides is 1. The van der Waals surface area contributed by atoms with E-state index in [9.17, 15) is 18.0 Å². The van der Waals surface area contributed by atoms with Gasteiger partial charge in [-0.1, -0.05) is 18.6 Å². The maximum Gasteiger partial charge on any atom is 0.253 e. The van der Waals surface area contributed by atoms with Crippen molar-refractivity contribution in [2.24, 2.45) is 0 Å². The van der Waals surface area contributed by atoms with Gasteiger partial charge in [-0.05, 0) is 68.3 Å². The number of nitrogens with zero attached hydrogens (tertiary/aromatic N) is 3. The van der Waals surface area contributed by atoms with E-state index >= 15 is 0 Å². The van der Waals surface area contributed by atoms with Gasteiger partial charge in [-0.2, -0.15) is 4.31 Å². The van der Waals surface area contributed by atoms with Crippen molar-refractivity contribution in [1.82, 2.24) is 14.1 Å². The maximum atomic E-state index is 12.8. The minimum Gasteiger partial charge on any atom is -0.336 e. The number of piperazine rings is 1. The van der Waals surface area contributed by atoms with Crippen molar-refractivity contribution in [2.45, 2.75) is 37.0 Å². The van der Waals surface area contributed by atoms with Crippen LogP contribution in [0, 0.1) is 0 Å². The summed E-state index contributed by atoms with van der Waals surface area (Å²) in [5, 5.41) is 2.87. The molecule has 2 heterocycles. The van der Waals surface area contributed by atoms with E-state index in [-0.39, 0.29) is 18.2 Å². The molecule has 8 nitrogen and oxygen atoms in total. The molecule has 0 spiro atoms. The molecule has 0 radical (unpaired) electrons. The second-order valence-corrected chi connectivity index (χ2v) is 11.3. The van der Waals surface area contributed by atoms with E-state index in [0.717, 1.165) is 51.0 Å². The summed E-state index contributed by atoms with van der Waals surface area (Å²) in [6, 6.07) is 13.8. The molecule has 1 N–H and O–H groups in total. The Balaban J connectivity index is 1.26. The first-order valence-corrected chi connectivity index (χ1v) is 13.7. The lowest BCUT2D eigenvalue weighted by Gasteiger charge is -2.32. The highest BCUT2D eigenvalue weighted by molar-refractivity contribution is 7.89. The number of likely N-dealkylation sites (N-methyl/N-ethyl adjacent to an activating group) is 1. The number of anilines is 1. The van der Waals surface area contributed by atoms with Gasteiger partial charge in [0.15, 0.2) is 0 Å². The first-order chi connectivity index (χ1) is 16.8. The maximum absolute atomic E-state index is 12.8. The summed E-state index contributed by atoms with van der Waals surface area (Å²) in [7, 11) is -1.39. The van der Waals surface area contributed by atoms with Crippen LogP contribution >= 0.6 is 0 Å². The highest BCUT2D eigenvalue weighted by Gasteiger charge is 2.25. The largest absolute Gasteiger partial charge is 0.336 e. The van der Waals surface area contributed by atoms with E-state index in [0.29, 0.717) is 35.7 Å². The fourth-order valence-electron chi connectivity index (χ4n) is 4.45. The van der Waals surface area contributed by atoms with Gasteiger partial charge in [0.1, 0.15) is 0 Å². The highest BCUT2D eigenvalue weighted by atomic mass is 32.2. The smallest absolute Gasteiger partial charge is 0.253 e. The van der Waals surface area contributed by atoms with E-state index in [1.54, 1.807) is 52.8 Å². The van der Waals surface area contributed by atoms with Crippen LogP contribution in [-0.4, -0.2) is 80.7 Å². The average molecular weight is 499 g/mol. The molecule has 188 valence electrons. The number of piperidine rings is 1. The van der Waals surface area contributed by atoms with Crippen LogP contribution in [0.15, 0.2) is 53.4 Å². The first kappa shape index (κ1) is 25.3. The summed E-state index contributed by atoms with van der Waals surface area (Å²) >= 11 is 0. The van der Waals surface area contributed by atoms with Crippen LogP contribution in [0.5, 0.6) is 0 Å². The van der Waals surface area contributed by atoms with E-state index in [1.807, 2.05) is 4.90 Å². The van der Waals surface area contributed by atoms with Crippen molar-refractivity contribution in [3.05, 3.63) is 59.7 Å². The van der Waals surface area contributed by atoms with Crippen molar-refractivity contribution in [3.63, 3.8) is 0 Å². The summed E-state index contributed by atoms with van der Waals surface area (Å²) in [6.45, 7) is 4.34. The third-order valence-corrected chi connectivity index (χ3v) is 8.64. The number of amides is 2. The van der Waals surface area contributed by atoms with Gasteiger partial charge in [0.2, 0.25) is 15.9 Å². The number of benzene rings is 2. The number of carbonyl (C=O) groups is 2. The molecule has 0 atom stereocenters. The summed E-state index contributed by atoms with van der Waals surface area (Å²) in [5.74, 6) is -0.116. The molecule has 2 aromatic carbocycles. The fourth-order valence-corrected chi connectivity index (χ4v) is 5.97. The van der Waals surface area contributed by atoms with Crippen molar-refractivity contribution in [1.29, 1.82) is 0 Å². The molecule has 0 bridgehead atoms. The van der Waals surface area contributed by atoms with Gasteiger partial charge in [0, 0.05) is 56.9 Å². The molecule has 2 fully saturated rings. The first-order valence-electron chi connectivity index (χ1n) is 12.3. The molecule has 9 heteroatoms. The second-order valence-electron chi connectivity index (χ2n) is 9.33. The van der Waals surface area contributed by atoms with E-state index < -0.39 is 10.0 Å². The van der Waals surface area contributed by atoms with Gasteiger partial charge < -0.3 is 15.1 Å². The van der Waals surface area contributed by atoms with E-state index in [1.165, 1.54) is 0 Å². The Morgan fingerprint density at radius 1 is 0.829 bits per heavy atom. The summed E-state index contributed by atoms with van der Waals surface area (Å²) in [5.41, 5.74) is 2.17. The average Bonchev–Trinajstić information content (AvgIpc) is 2.89. The van der Waals surface area contributed by atoms with Gasteiger partial charge in [0.05, 0.1) is 4.90 Å². The molecule has 0 saturated carbocycles. The van der Waals surface area contributed by atoms with Crippen LogP contribution in [0.4, 0.5) is 5.69 Å². The molecule has 0 aliphatic carbocycles. The van der Waals surface area contributed by atoms with Crippen molar-refractivity contribution in [2.75, 3.05) is 51.6 Å². The van der Waals surface area contributed by atoms with Gasteiger partial charge >= 0.3 is 0 Å². The Hall–Kier alpha value is -2.75. The fraction of sp³-hybridized carbons (Fsp3) is 0.462. The lowest BCUT2D eigenvalue weighted by molar-refractivity contribution is -0.116. The number of aryl methyl sites for hydroxylation is 1. The molecule has 0 unspecified atom stereocenters. The van der Waals surface area contributed by atoms with Crippen LogP contribution in [0.2, 0.25) is 0 Å². The molecular weight excluding hydrogens is 464 g/mol. The van der Waals surface area contributed by atoms with Crippen molar-refractivity contribution in [3.8, 4) is 0 Å². The standard InChI is InChI=1S/C26H34N4O4S/c1-28-17-19-29(20-18-28)26(32)22-8-10-23(11-9-22)27-25(31)14-7-21-5-12-24(13-6-21)35(33,34)30-15-3-2-4-16-30/h5-6,8-13H,2-4,7,14-20H2,1H3,(H,27,31). The van der Waals surface area contributed by atoms with Gasteiger partial charge in [0.25, 0.3) is 5.91 Å². The molecule has 0 aromatic heterocycles. The number of nitrogens with one attached hydrogen (secondary N) is 1. The lowest BCUT2D eigenvalue weighted by Crippen LogP contribution is -2.47. The van der Waals surface area contributed by atoms with Crippen LogP contribution < -0.4 is 5.32 Å². The van der Waals surface area contributed by atoms with Crippen molar-refractivity contribution >= 4 is 27.5 Å². The molecule has 2 aromatic rings. The van der Waals surface area contributed by atoms with E-state index in [4.69, 9.17) is 0 Å². The van der Waals surface area contributed by atoms with Gasteiger partial charge in [-0.25, -0.2) is 8.42 Å². The third kappa shape index (κ3) is 6.48. The normalized spacial score (nSPS) is 17.8. The van der Waals surface area contributed by atoms with Crippen LogP contribution in [-0.2, 0) is 21.2 Å². The molecule has 2 aliphatic rings. The quantitative estimate of drug-likeness (QED) is 0.634. The van der Waals surface area contributed by atoms with Gasteiger partial charge in [-0.15, -0.1) is 0 Å². The Morgan fingerprint density at radius 2 is 1.46 bits per heavy atom. The number of hydrogen-bond donors (Lipinski definition) is 1. The summed E-state index contributed by atoms with van der Waals surface area (Å²) < 4.78 is 27.1. The molecule has 2 amide bonds. The van der Waals surface area contributed by atoms with Crippen LogP contribution in [0.25, 0.3) is 0 Å². The predicted octanol–water partition coefficient (Wildman–Crippen LogP) is 2.82. The Morgan fingerprint density at radius 3 is 2.09 bits per heavy atom.